The summed E-state index contributed by atoms with van der Waals surface area (Å²) in [5, 5.41) is 21.7. The van der Waals surface area contributed by atoms with Gasteiger partial charge in [0.05, 0.1) is 6.33 Å². The summed E-state index contributed by atoms with van der Waals surface area (Å²) in [6, 6.07) is 0. The zero-order valence-electron chi connectivity index (χ0n) is 16.3. The first-order valence-electron chi connectivity index (χ1n) is 8.57. The van der Waals surface area contributed by atoms with E-state index in [9.17, 15) is 38.1 Å². The number of phosphoric acid groups is 3. The number of hydrogen-bond acceptors (Lipinski definition) is 13. The van der Waals surface area contributed by atoms with Crippen LogP contribution in [0.15, 0.2) is 6.33 Å². The van der Waals surface area contributed by atoms with Crippen molar-refractivity contribution < 1.29 is 70.1 Å². The zero-order chi connectivity index (χ0) is 26.4. The van der Waals surface area contributed by atoms with Crippen molar-refractivity contribution in [1.82, 2.24) is 19.5 Å². The monoisotopic (exact) mass is 565 g/mol. The molecule has 0 radical (unpaired) electrons. The number of anilines is 1. The summed E-state index contributed by atoms with van der Waals surface area (Å²) in [5.41, 5.74) is -1.72. The number of aliphatic hydroxyl groups is 2. The highest BCUT2D eigenvalue weighted by molar-refractivity contribution is 7.66. The number of nitrogens with two attached hydrogens (primary N) is 1. The fraction of sp³-hybridized carbons (Fsp3) is 0.417. The average molecular weight is 565 g/mol. The maximum atomic E-state index is 15.5. The second kappa shape index (κ2) is 7.54. The summed E-state index contributed by atoms with van der Waals surface area (Å²) in [6.45, 7) is 0. The number of rotatable bonds is 7. The van der Waals surface area contributed by atoms with Crippen molar-refractivity contribution in [1.29, 1.82) is 0 Å². The van der Waals surface area contributed by atoms with E-state index in [1.54, 1.807) is 5.92 Å². The lowest BCUT2D eigenvalue weighted by atomic mass is 9.93. The van der Waals surface area contributed by atoms with E-state index in [2.05, 4.69) is 28.1 Å². The van der Waals surface area contributed by atoms with Gasteiger partial charge in [0, 0.05) is 0 Å². The van der Waals surface area contributed by atoms with Gasteiger partial charge in [0.1, 0.15) is 0 Å². The maximum Gasteiger partial charge on any atom is 0.490 e. The van der Waals surface area contributed by atoms with Gasteiger partial charge < -0.3 is 40.3 Å². The molecule has 2 aromatic heterocycles. The van der Waals surface area contributed by atoms with Gasteiger partial charge in [-0.3, -0.25) is 9.09 Å². The molecule has 3 heterocycles. The minimum absolute atomic E-state index is 0.236. The van der Waals surface area contributed by atoms with Crippen molar-refractivity contribution in [3.05, 3.63) is 12.4 Å². The van der Waals surface area contributed by atoms with Crippen LogP contribution >= 0.6 is 23.5 Å². The second-order valence-corrected chi connectivity index (χ2v) is 11.4. The Kier molecular flexibility index (Phi) is 5.63. The van der Waals surface area contributed by atoms with Crippen LogP contribution in [0.5, 0.6) is 0 Å². The van der Waals surface area contributed by atoms with Crippen molar-refractivity contribution in [3.63, 3.8) is 0 Å². The molecule has 0 bridgehead atoms. The first-order valence-corrected chi connectivity index (χ1v) is 13.1. The van der Waals surface area contributed by atoms with Crippen molar-refractivity contribution in [2.24, 2.45) is 0 Å². The van der Waals surface area contributed by atoms with E-state index in [1.165, 1.54) is 0 Å². The molecule has 18 nitrogen and oxygen atoms in total. The summed E-state index contributed by atoms with van der Waals surface area (Å²) in [5.74, 6) is -2.44. The van der Waals surface area contributed by atoms with Crippen molar-refractivity contribution in [2.45, 2.75) is 29.4 Å². The highest BCUT2D eigenvalue weighted by Crippen LogP contribution is 2.74. The summed E-state index contributed by atoms with van der Waals surface area (Å²) in [6.07, 6.45) is -0.0959. The zero-order valence-corrected chi connectivity index (χ0v) is 19.0. The van der Waals surface area contributed by atoms with E-state index in [-0.39, 0.29) is 5.52 Å². The molecule has 1 aliphatic heterocycles. The van der Waals surface area contributed by atoms with E-state index in [4.69, 9.17) is 26.7 Å². The molecule has 0 spiro atoms. The minimum Gasteiger partial charge on any atom is -0.382 e. The Labute approximate surface area is 190 Å². The molecule has 7 atom stereocenters. The molecule has 1 saturated heterocycles. The lowest BCUT2D eigenvalue weighted by molar-refractivity contribution is -0.165. The molecule has 4 rings (SSSR count). The molecule has 2 aromatic rings. The smallest absolute Gasteiger partial charge is 0.382 e. The highest BCUT2D eigenvalue weighted by atomic mass is 31.3. The van der Waals surface area contributed by atoms with Crippen LogP contribution in [0.2, 0.25) is 0 Å². The maximum absolute atomic E-state index is 15.5. The number of ether oxygens (including phenoxy) is 1. The molecule has 0 amide bonds. The van der Waals surface area contributed by atoms with Gasteiger partial charge in [0.2, 0.25) is 11.2 Å². The fourth-order valence-corrected chi connectivity index (χ4v) is 6.73. The molecular weight excluding hydrogens is 553 g/mol. The van der Waals surface area contributed by atoms with Crippen LogP contribution in [0.4, 0.5) is 14.6 Å². The van der Waals surface area contributed by atoms with E-state index < -0.39 is 70.4 Å². The molecular formula is C12H12F2N5O13P3. The summed E-state index contributed by atoms with van der Waals surface area (Å²) in [4.78, 5) is 46.2. The van der Waals surface area contributed by atoms with Crippen LogP contribution in [0.1, 0.15) is 6.23 Å². The number of terminal acetylenes is 1. The third kappa shape index (κ3) is 3.91. The Balaban J connectivity index is 1.65. The van der Waals surface area contributed by atoms with Gasteiger partial charge in [-0.25, -0.2) is 23.1 Å². The molecule has 35 heavy (non-hydrogen) atoms. The fourth-order valence-electron chi connectivity index (χ4n) is 3.51. The minimum atomic E-state index is -5.99. The van der Waals surface area contributed by atoms with Gasteiger partial charge in [-0.1, -0.05) is 5.92 Å². The van der Waals surface area contributed by atoms with E-state index in [0.29, 0.717) is 4.57 Å². The van der Waals surface area contributed by atoms with Crippen LogP contribution in [0, 0.1) is 18.4 Å². The van der Waals surface area contributed by atoms with E-state index in [0.717, 1.165) is 6.33 Å². The number of imidazole rings is 1. The number of nitrogen functional groups attached to an aromatic ring is 1. The molecule has 192 valence electrons. The number of nitrogens with zero attached hydrogens (tertiary/aromatic N) is 4. The molecule has 23 heteroatoms. The predicted octanol–water partition coefficient (Wildman–Crippen LogP) is -1.44. The molecule has 0 aromatic carbocycles. The molecule has 8 N–H and O–H groups in total. The Morgan fingerprint density at radius 1 is 1.17 bits per heavy atom. The summed E-state index contributed by atoms with van der Waals surface area (Å²) < 4.78 is 80.1. The summed E-state index contributed by atoms with van der Waals surface area (Å²) in [7, 11) is -17.7. The number of fused-ring (bicyclic) bond motifs is 2. The second-order valence-electron chi connectivity index (χ2n) is 7.07. The van der Waals surface area contributed by atoms with Gasteiger partial charge in [0.25, 0.3) is 5.85 Å². The topological polar surface area (TPSA) is 279 Å². The van der Waals surface area contributed by atoms with E-state index >= 15 is 4.39 Å². The van der Waals surface area contributed by atoms with Crippen LogP contribution in [0.3, 0.4) is 0 Å². The van der Waals surface area contributed by atoms with Gasteiger partial charge in [-0.15, -0.1) is 6.42 Å². The third-order valence-electron chi connectivity index (χ3n) is 4.92. The molecule has 2 fully saturated rings. The number of aromatic nitrogens is 4. The largest absolute Gasteiger partial charge is 0.490 e. The lowest BCUT2D eigenvalue weighted by Crippen LogP contribution is -2.50. The lowest BCUT2D eigenvalue weighted by Gasteiger charge is -2.31. The Bertz CT molecular complexity index is 1430. The number of hydrogen-bond donors (Lipinski definition) is 7. The van der Waals surface area contributed by atoms with Gasteiger partial charge >= 0.3 is 29.5 Å². The van der Waals surface area contributed by atoms with Crippen LogP contribution in [-0.2, 0) is 31.6 Å². The number of halogens is 2. The van der Waals surface area contributed by atoms with Crippen LogP contribution in [0.25, 0.3) is 11.2 Å². The van der Waals surface area contributed by atoms with Crippen molar-refractivity contribution in [3.8, 4) is 12.3 Å². The number of alkyl halides is 1. The Hall–Kier alpha value is -1.94. The highest BCUT2D eigenvalue weighted by Gasteiger charge is 2.97. The SMILES string of the molecule is C#C[C@]1(O)[C@H](n2cnc3c(N)nc(F)nc32)O[C@]2(F)C(OP(=O)(O)OP(=O)(O)OP(=O)(O)O)[C@@]21O. The van der Waals surface area contributed by atoms with Crippen LogP contribution in [-0.4, -0.2) is 72.5 Å². The molecule has 1 saturated carbocycles. The molecule has 1 aliphatic carbocycles. The average Bonchev–Trinajstić information content (AvgIpc) is 2.95. The molecule has 3 unspecified atom stereocenters. The van der Waals surface area contributed by atoms with Gasteiger partial charge in [-0.05, 0) is 0 Å². The van der Waals surface area contributed by atoms with Crippen LogP contribution < -0.4 is 5.73 Å². The first kappa shape index (κ1) is 26.1. The summed E-state index contributed by atoms with van der Waals surface area (Å²) >= 11 is 0. The predicted molar refractivity (Wildman–Crippen MR) is 101 cm³/mol. The first-order chi connectivity index (χ1) is 15.8. The quantitative estimate of drug-likeness (QED) is 0.115. The van der Waals surface area contributed by atoms with Gasteiger partial charge in [0.15, 0.2) is 29.3 Å². The Morgan fingerprint density at radius 2 is 1.80 bits per heavy atom. The Morgan fingerprint density at radius 3 is 2.37 bits per heavy atom. The third-order valence-corrected chi connectivity index (χ3v) is 8.73. The van der Waals surface area contributed by atoms with E-state index in [1.807, 2.05) is 0 Å². The number of phosphoric ester groups is 1. The normalized spacial score (nSPS) is 35.7. The van der Waals surface area contributed by atoms with Crippen molar-refractivity contribution in [2.75, 3.05) is 5.73 Å². The van der Waals surface area contributed by atoms with Gasteiger partial charge in [-0.2, -0.15) is 23.0 Å². The van der Waals surface area contributed by atoms with Crippen molar-refractivity contribution >= 4 is 40.4 Å². The molecule has 2 aliphatic rings. The standard InChI is InChI=1S/C12H12F2N5O13P3/c1-2-10(20)8(19-3-16-4-5(15)17-9(13)18-6(4)19)29-12(14)7(11(10,12)21)30-34(25,26)32-35(27,28)31-33(22,23)24/h1,3,7-8,20-21H,(H,25,26)(H,27,28)(H2,15,17,18)(H2,22,23,24)/t7?,8-,10+,11+,12-/m1/s1.